The van der Waals surface area contributed by atoms with Crippen molar-refractivity contribution in [2.45, 2.75) is 33.1 Å². The third-order valence-electron chi connectivity index (χ3n) is 3.23. The van der Waals surface area contributed by atoms with Crippen LogP contribution in [0.15, 0.2) is 12.1 Å². The molecule has 0 saturated carbocycles. The second-order valence-electron chi connectivity index (χ2n) is 4.93. The summed E-state index contributed by atoms with van der Waals surface area (Å²) in [5.74, 6) is -0.533. The number of rotatable bonds is 4. The molecule has 1 aromatic heterocycles. The van der Waals surface area contributed by atoms with Crippen LogP contribution in [-0.2, 0) is 16.0 Å². The van der Waals surface area contributed by atoms with Gasteiger partial charge in [-0.25, -0.2) is 0 Å². The number of Topliss-reactive ketones (excluding diaryl/α,β-unsaturated/α-hetero) is 1. The van der Waals surface area contributed by atoms with Crippen LogP contribution in [0.4, 0.5) is 0 Å². The Kier molecular flexibility index (Phi) is 4.14. The lowest BCUT2D eigenvalue weighted by molar-refractivity contribution is -0.149. The molecule has 5 heteroatoms. The molecular weight excluding hydrogens is 262 g/mol. The van der Waals surface area contributed by atoms with Gasteiger partial charge in [-0.15, -0.1) is 11.3 Å². The number of likely N-dealkylation sites (tertiary alicyclic amines) is 1. The summed E-state index contributed by atoms with van der Waals surface area (Å²) in [6.45, 7) is 3.79. The second kappa shape index (κ2) is 5.65. The normalized spacial score (nSPS) is 17.1. The molecule has 1 saturated heterocycles. The maximum atomic E-state index is 12.1. The molecule has 0 unspecified atom stereocenters. The molecule has 4 nitrogen and oxygen atoms in total. The molecule has 2 amide bonds. The lowest BCUT2D eigenvalue weighted by Crippen LogP contribution is -2.45. The Balaban J connectivity index is 2.06. The Hall–Kier alpha value is -1.49. The van der Waals surface area contributed by atoms with E-state index < -0.39 is 0 Å². The predicted octanol–water partition coefficient (Wildman–Crippen LogP) is 2.28. The highest BCUT2D eigenvalue weighted by Crippen LogP contribution is 2.21. The summed E-state index contributed by atoms with van der Waals surface area (Å²) in [7, 11) is 0. The second-order valence-corrected chi connectivity index (χ2v) is 6.10. The van der Waals surface area contributed by atoms with Crippen LogP contribution in [0, 0.1) is 5.92 Å². The molecule has 2 heterocycles. The molecule has 102 valence electrons. The van der Waals surface area contributed by atoms with E-state index in [1.807, 2.05) is 19.9 Å². The van der Waals surface area contributed by atoms with Gasteiger partial charge in [-0.2, -0.15) is 0 Å². The monoisotopic (exact) mass is 279 g/mol. The first-order valence-electron chi connectivity index (χ1n) is 6.46. The molecule has 1 aromatic rings. The van der Waals surface area contributed by atoms with Crippen LogP contribution in [-0.4, -0.2) is 29.0 Å². The summed E-state index contributed by atoms with van der Waals surface area (Å²) >= 11 is 1.43. The zero-order valence-electron chi connectivity index (χ0n) is 11.1. The van der Waals surface area contributed by atoms with E-state index in [-0.39, 0.29) is 30.1 Å². The Morgan fingerprint density at radius 3 is 2.47 bits per heavy atom. The lowest BCUT2D eigenvalue weighted by Gasteiger charge is -2.27. The number of carbonyl (C=O) groups is 3. The van der Waals surface area contributed by atoms with Gasteiger partial charge >= 0.3 is 0 Å². The third kappa shape index (κ3) is 3.10. The van der Waals surface area contributed by atoms with Crippen molar-refractivity contribution in [2.75, 3.05) is 6.54 Å². The smallest absolute Gasteiger partial charge is 0.229 e. The van der Waals surface area contributed by atoms with Crippen LogP contribution >= 0.6 is 11.3 Å². The van der Waals surface area contributed by atoms with Gasteiger partial charge in [-0.05, 0) is 24.5 Å². The molecule has 1 aliphatic rings. The molecule has 0 aliphatic carbocycles. The largest absolute Gasteiger partial charge is 0.291 e. The number of thiophene rings is 1. The Morgan fingerprint density at radius 2 is 1.95 bits per heavy atom. The Labute approximate surface area is 116 Å². The molecule has 0 radical (unpaired) electrons. The predicted molar refractivity (Wildman–Crippen MR) is 73.1 cm³/mol. The number of imide groups is 1. The van der Waals surface area contributed by atoms with Crippen molar-refractivity contribution in [1.29, 1.82) is 0 Å². The Bertz CT molecular complexity index is 503. The van der Waals surface area contributed by atoms with E-state index in [2.05, 4.69) is 0 Å². The minimum atomic E-state index is -0.232. The average molecular weight is 279 g/mol. The standard InChI is InChI=1S/C14H17NO3S/c1-3-10-4-5-12(19-10)11(16)8-15-13(17)6-9(2)7-14(15)18/h4-5,9H,3,6-8H2,1-2H3. The van der Waals surface area contributed by atoms with Gasteiger partial charge in [0.2, 0.25) is 11.8 Å². The zero-order chi connectivity index (χ0) is 14.0. The molecule has 0 bridgehead atoms. The number of hydrogen-bond donors (Lipinski definition) is 0. The average Bonchev–Trinajstić information content (AvgIpc) is 2.82. The maximum absolute atomic E-state index is 12.1. The summed E-state index contributed by atoms with van der Waals surface area (Å²) in [5.41, 5.74) is 0. The number of nitrogens with zero attached hydrogens (tertiary/aromatic N) is 1. The van der Waals surface area contributed by atoms with E-state index in [4.69, 9.17) is 0 Å². The number of amides is 2. The third-order valence-corrected chi connectivity index (χ3v) is 4.51. The van der Waals surface area contributed by atoms with Crippen molar-refractivity contribution in [1.82, 2.24) is 4.90 Å². The molecule has 19 heavy (non-hydrogen) atoms. The minimum Gasteiger partial charge on any atom is -0.291 e. The first-order valence-corrected chi connectivity index (χ1v) is 7.28. The van der Waals surface area contributed by atoms with E-state index in [0.29, 0.717) is 17.7 Å². The van der Waals surface area contributed by atoms with Crippen LogP contribution in [0.25, 0.3) is 0 Å². The molecule has 0 aromatic carbocycles. The van der Waals surface area contributed by atoms with Crippen molar-refractivity contribution >= 4 is 28.9 Å². The summed E-state index contributed by atoms with van der Waals surface area (Å²) in [6, 6.07) is 3.69. The van der Waals surface area contributed by atoms with Gasteiger partial charge in [0.25, 0.3) is 0 Å². The quantitative estimate of drug-likeness (QED) is 0.627. The van der Waals surface area contributed by atoms with Gasteiger partial charge in [0, 0.05) is 17.7 Å². The van der Waals surface area contributed by atoms with E-state index in [9.17, 15) is 14.4 Å². The fourth-order valence-corrected chi connectivity index (χ4v) is 3.02. The number of ketones is 1. The number of carbonyl (C=O) groups excluding carboxylic acids is 3. The summed E-state index contributed by atoms with van der Waals surface area (Å²) in [6.07, 6.45) is 1.59. The van der Waals surface area contributed by atoms with Gasteiger partial charge in [0.15, 0.2) is 5.78 Å². The topological polar surface area (TPSA) is 54.5 Å². The summed E-state index contributed by atoms with van der Waals surface area (Å²) < 4.78 is 0. The van der Waals surface area contributed by atoms with Crippen LogP contribution in [0.5, 0.6) is 0 Å². The van der Waals surface area contributed by atoms with Crippen LogP contribution in [0.2, 0.25) is 0 Å². The van der Waals surface area contributed by atoms with Gasteiger partial charge in [0.05, 0.1) is 11.4 Å². The lowest BCUT2D eigenvalue weighted by atomic mass is 9.97. The van der Waals surface area contributed by atoms with Crippen molar-refractivity contribution in [3.63, 3.8) is 0 Å². The molecule has 2 rings (SSSR count). The molecule has 0 spiro atoms. The fraction of sp³-hybridized carbons (Fsp3) is 0.500. The first-order chi connectivity index (χ1) is 9.01. The number of hydrogen-bond acceptors (Lipinski definition) is 4. The van der Waals surface area contributed by atoms with Crippen LogP contribution < -0.4 is 0 Å². The SMILES string of the molecule is CCc1ccc(C(=O)CN2C(=O)CC(C)CC2=O)s1. The van der Waals surface area contributed by atoms with Crippen molar-refractivity contribution in [3.8, 4) is 0 Å². The molecule has 0 atom stereocenters. The van der Waals surface area contributed by atoms with E-state index in [0.717, 1.165) is 16.2 Å². The van der Waals surface area contributed by atoms with E-state index in [1.54, 1.807) is 6.07 Å². The summed E-state index contributed by atoms with van der Waals surface area (Å²) in [5, 5.41) is 0. The molecule has 1 fully saturated rings. The molecule has 1 aliphatic heterocycles. The van der Waals surface area contributed by atoms with E-state index >= 15 is 0 Å². The molecular formula is C14H17NO3S. The van der Waals surface area contributed by atoms with Gasteiger partial charge in [-0.3, -0.25) is 19.3 Å². The van der Waals surface area contributed by atoms with Gasteiger partial charge < -0.3 is 0 Å². The van der Waals surface area contributed by atoms with Crippen molar-refractivity contribution in [2.24, 2.45) is 5.92 Å². The highest BCUT2D eigenvalue weighted by atomic mass is 32.1. The fourth-order valence-electron chi connectivity index (χ4n) is 2.14. The number of piperidine rings is 1. The Morgan fingerprint density at radius 1 is 1.32 bits per heavy atom. The van der Waals surface area contributed by atoms with E-state index in [1.165, 1.54) is 11.3 Å². The first kappa shape index (κ1) is 13.9. The highest BCUT2D eigenvalue weighted by Gasteiger charge is 2.31. The summed E-state index contributed by atoms with van der Waals surface area (Å²) in [4.78, 5) is 38.5. The van der Waals surface area contributed by atoms with Gasteiger partial charge in [-0.1, -0.05) is 13.8 Å². The highest BCUT2D eigenvalue weighted by molar-refractivity contribution is 7.14. The van der Waals surface area contributed by atoms with Crippen LogP contribution in [0.3, 0.4) is 0 Å². The van der Waals surface area contributed by atoms with Gasteiger partial charge in [0.1, 0.15) is 0 Å². The molecule has 0 N–H and O–H groups in total. The minimum absolute atomic E-state index is 0.0831. The number of aryl methyl sites for hydroxylation is 1. The maximum Gasteiger partial charge on any atom is 0.229 e. The van der Waals surface area contributed by atoms with Crippen LogP contribution in [0.1, 0.15) is 41.2 Å². The zero-order valence-corrected chi connectivity index (χ0v) is 12.0. The van der Waals surface area contributed by atoms with Crippen molar-refractivity contribution < 1.29 is 14.4 Å². The van der Waals surface area contributed by atoms with Crippen molar-refractivity contribution in [3.05, 3.63) is 21.9 Å².